The van der Waals surface area contributed by atoms with Gasteiger partial charge >= 0.3 is 5.97 Å². The summed E-state index contributed by atoms with van der Waals surface area (Å²) in [6, 6.07) is -0.226. The highest BCUT2D eigenvalue weighted by Crippen LogP contribution is 2.24. The van der Waals surface area contributed by atoms with Gasteiger partial charge < -0.3 is 15.3 Å². The first-order valence-corrected chi connectivity index (χ1v) is 7.19. The molecule has 5 heteroatoms. The molecule has 110 valence electrons. The van der Waals surface area contributed by atoms with Crippen molar-refractivity contribution in [1.82, 2.24) is 10.2 Å². The summed E-state index contributed by atoms with van der Waals surface area (Å²) < 4.78 is 0. The van der Waals surface area contributed by atoms with E-state index in [0.29, 0.717) is 19.0 Å². The average Bonchev–Trinajstić information content (AvgIpc) is 2.33. The van der Waals surface area contributed by atoms with Crippen molar-refractivity contribution >= 4 is 11.9 Å². The molecule has 2 N–H and O–H groups in total. The van der Waals surface area contributed by atoms with Gasteiger partial charge in [0.05, 0.1) is 0 Å². The van der Waals surface area contributed by atoms with E-state index in [4.69, 9.17) is 0 Å². The van der Waals surface area contributed by atoms with Gasteiger partial charge in [-0.05, 0) is 31.7 Å². The van der Waals surface area contributed by atoms with Crippen molar-refractivity contribution in [2.75, 3.05) is 13.1 Å². The SMILES string of the molecule is CC(C)NCCCC(=O)N1CCCC(C)C1C(=O)O. The lowest BCUT2D eigenvalue weighted by Crippen LogP contribution is -2.52. The molecule has 2 unspecified atom stereocenters. The lowest BCUT2D eigenvalue weighted by Gasteiger charge is -2.37. The normalized spacial score (nSPS) is 23.7. The maximum atomic E-state index is 12.1. The van der Waals surface area contributed by atoms with Gasteiger partial charge in [-0.25, -0.2) is 4.79 Å². The monoisotopic (exact) mass is 270 g/mol. The fourth-order valence-electron chi connectivity index (χ4n) is 2.62. The van der Waals surface area contributed by atoms with E-state index in [1.807, 2.05) is 6.92 Å². The number of nitrogens with zero attached hydrogens (tertiary/aromatic N) is 1. The van der Waals surface area contributed by atoms with Crippen LogP contribution in [-0.4, -0.2) is 47.1 Å². The number of carbonyl (C=O) groups is 2. The number of hydrogen-bond donors (Lipinski definition) is 2. The molecule has 0 aromatic carbocycles. The van der Waals surface area contributed by atoms with Gasteiger partial charge in [-0.3, -0.25) is 4.79 Å². The van der Waals surface area contributed by atoms with Crippen LogP contribution in [0.25, 0.3) is 0 Å². The van der Waals surface area contributed by atoms with Crippen LogP contribution in [0.2, 0.25) is 0 Å². The first-order chi connectivity index (χ1) is 8.93. The molecule has 1 saturated heterocycles. The van der Waals surface area contributed by atoms with Crippen molar-refractivity contribution < 1.29 is 14.7 Å². The molecule has 0 bridgehead atoms. The molecule has 1 rings (SSSR count). The summed E-state index contributed by atoms with van der Waals surface area (Å²) in [4.78, 5) is 25.0. The zero-order valence-electron chi connectivity index (χ0n) is 12.2. The van der Waals surface area contributed by atoms with Crippen molar-refractivity contribution in [2.24, 2.45) is 5.92 Å². The minimum Gasteiger partial charge on any atom is -0.480 e. The van der Waals surface area contributed by atoms with Crippen molar-refractivity contribution in [1.29, 1.82) is 0 Å². The summed E-state index contributed by atoms with van der Waals surface area (Å²) in [6.45, 7) is 7.42. The molecule has 0 radical (unpaired) electrons. The Morgan fingerprint density at radius 1 is 1.42 bits per heavy atom. The number of carboxylic acid groups (broad SMARTS) is 1. The van der Waals surface area contributed by atoms with Gasteiger partial charge in [0.2, 0.25) is 5.91 Å². The molecule has 0 aromatic heterocycles. The minimum atomic E-state index is -0.874. The topological polar surface area (TPSA) is 69.6 Å². The van der Waals surface area contributed by atoms with Gasteiger partial charge in [0.25, 0.3) is 0 Å². The Labute approximate surface area is 115 Å². The molecule has 0 saturated carbocycles. The number of aliphatic carboxylic acids is 1. The highest BCUT2D eigenvalue weighted by atomic mass is 16.4. The first-order valence-electron chi connectivity index (χ1n) is 7.19. The van der Waals surface area contributed by atoms with Gasteiger partial charge in [-0.1, -0.05) is 20.8 Å². The molecule has 5 nitrogen and oxygen atoms in total. The Kier molecular flexibility index (Phi) is 6.28. The van der Waals surface area contributed by atoms with Crippen LogP contribution in [0.3, 0.4) is 0 Å². The second-order valence-electron chi connectivity index (χ2n) is 5.70. The highest BCUT2D eigenvalue weighted by molar-refractivity contribution is 5.84. The van der Waals surface area contributed by atoms with E-state index >= 15 is 0 Å². The van der Waals surface area contributed by atoms with E-state index in [1.165, 1.54) is 0 Å². The Morgan fingerprint density at radius 3 is 2.68 bits per heavy atom. The quantitative estimate of drug-likeness (QED) is 0.717. The van der Waals surface area contributed by atoms with E-state index in [-0.39, 0.29) is 11.8 Å². The standard InChI is InChI=1S/C14H26N2O3/c1-10(2)15-8-4-7-12(17)16-9-5-6-11(3)13(16)14(18)19/h10-11,13,15H,4-9H2,1-3H3,(H,18,19). The zero-order chi connectivity index (χ0) is 14.4. The summed E-state index contributed by atoms with van der Waals surface area (Å²) in [7, 11) is 0. The highest BCUT2D eigenvalue weighted by Gasteiger charge is 2.36. The van der Waals surface area contributed by atoms with E-state index in [1.54, 1.807) is 4.90 Å². The summed E-state index contributed by atoms with van der Waals surface area (Å²) in [5.74, 6) is -0.852. The van der Waals surface area contributed by atoms with Gasteiger partial charge in [0, 0.05) is 19.0 Å². The van der Waals surface area contributed by atoms with Crippen LogP contribution in [0.5, 0.6) is 0 Å². The molecule has 2 atom stereocenters. The van der Waals surface area contributed by atoms with Gasteiger partial charge in [-0.2, -0.15) is 0 Å². The van der Waals surface area contributed by atoms with Crippen molar-refractivity contribution in [3.05, 3.63) is 0 Å². The molecule has 1 heterocycles. The molecule has 0 spiro atoms. The predicted molar refractivity (Wildman–Crippen MR) is 73.9 cm³/mol. The van der Waals surface area contributed by atoms with Crippen molar-refractivity contribution in [3.63, 3.8) is 0 Å². The number of carbonyl (C=O) groups excluding carboxylic acids is 1. The summed E-state index contributed by atoms with van der Waals surface area (Å²) >= 11 is 0. The number of rotatable bonds is 6. The van der Waals surface area contributed by atoms with Crippen molar-refractivity contribution in [3.8, 4) is 0 Å². The Hall–Kier alpha value is -1.10. The maximum absolute atomic E-state index is 12.1. The van der Waals surface area contributed by atoms with Crippen LogP contribution in [0.4, 0.5) is 0 Å². The van der Waals surface area contributed by atoms with Gasteiger partial charge in [-0.15, -0.1) is 0 Å². The van der Waals surface area contributed by atoms with E-state index < -0.39 is 12.0 Å². The molecule has 0 aliphatic carbocycles. The molecule has 1 aliphatic heterocycles. The predicted octanol–water partition coefficient (Wildman–Crippen LogP) is 1.48. The summed E-state index contributed by atoms with van der Waals surface area (Å²) in [5, 5.41) is 12.5. The number of likely N-dealkylation sites (tertiary alicyclic amines) is 1. The first kappa shape index (κ1) is 16.0. The molecule has 0 aromatic rings. The maximum Gasteiger partial charge on any atom is 0.326 e. The Balaban J connectivity index is 2.47. The van der Waals surface area contributed by atoms with Crippen LogP contribution in [-0.2, 0) is 9.59 Å². The fraction of sp³-hybridized carbons (Fsp3) is 0.857. The molecule has 1 aliphatic rings. The summed E-state index contributed by atoms with van der Waals surface area (Å²) in [5.41, 5.74) is 0. The van der Waals surface area contributed by atoms with Crippen molar-refractivity contribution in [2.45, 2.75) is 58.5 Å². The smallest absolute Gasteiger partial charge is 0.326 e. The summed E-state index contributed by atoms with van der Waals surface area (Å²) in [6.07, 6.45) is 2.97. The average molecular weight is 270 g/mol. The lowest BCUT2D eigenvalue weighted by atomic mass is 9.90. The van der Waals surface area contributed by atoms with Crippen LogP contribution in [0, 0.1) is 5.92 Å². The van der Waals surface area contributed by atoms with Crippen LogP contribution in [0.15, 0.2) is 0 Å². The number of nitrogens with one attached hydrogen (secondary N) is 1. The fourth-order valence-corrected chi connectivity index (χ4v) is 2.62. The Bertz CT molecular complexity index is 318. The van der Waals surface area contributed by atoms with Crippen LogP contribution < -0.4 is 5.32 Å². The largest absolute Gasteiger partial charge is 0.480 e. The Morgan fingerprint density at radius 2 is 2.11 bits per heavy atom. The number of amides is 1. The number of carboxylic acids is 1. The third kappa shape index (κ3) is 4.82. The second kappa shape index (κ2) is 7.48. The number of piperidine rings is 1. The minimum absolute atomic E-state index is 0.0236. The molecular weight excluding hydrogens is 244 g/mol. The molecule has 19 heavy (non-hydrogen) atoms. The second-order valence-corrected chi connectivity index (χ2v) is 5.70. The third-order valence-corrected chi connectivity index (χ3v) is 3.63. The molecular formula is C14H26N2O3. The zero-order valence-corrected chi connectivity index (χ0v) is 12.2. The number of hydrogen-bond acceptors (Lipinski definition) is 3. The lowest BCUT2D eigenvalue weighted by molar-refractivity contribution is -0.154. The van der Waals surface area contributed by atoms with Gasteiger partial charge in [0.15, 0.2) is 0 Å². The van der Waals surface area contributed by atoms with Crippen LogP contribution in [0.1, 0.15) is 46.5 Å². The third-order valence-electron chi connectivity index (χ3n) is 3.63. The van der Waals surface area contributed by atoms with E-state index in [0.717, 1.165) is 25.8 Å². The molecule has 1 amide bonds. The van der Waals surface area contributed by atoms with E-state index in [9.17, 15) is 14.7 Å². The van der Waals surface area contributed by atoms with E-state index in [2.05, 4.69) is 19.2 Å². The molecule has 1 fully saturated rings. The van der Waals surface area contributed by atoms with Crippen LogP contribution >= 0.6 is 0 Å². The van der Waals surface area contributed by atoms with Gasteiger partial charge in [0.1, 0.15) is 6.04 Å².